The SMILES string of the molecule is Cc1ccccc1C(N)c1ccc(C)c2ccccc12. The number of rotatable bonds is 2. The van der Waals surface area contributed by atoms with Crippen molar-refractivity contribution in [2.75, 3.05) is 0 Å². The Balaban J connectivity index is 2.20. The Morgan fingerprint density at radius 3 is 2.05 bits per heavy atom. The summed E-state index contributed by atoms with van der Waals surface area (Å²) in [5.74, 6) is 0. The van der Waals surface area contributed by atoms with E-state index in [2.05, 4.69) is 74.5 Å². The summed E-state index contributed by atoms with van der Waals surface area (Å²) in [5.41, 5.74) is 11.5. The molecule has 0 spiro atoms. The van der Waals surface area contributed by atoms with Crippen molar-refractivity contribution in [2.45, 2.75) is 19.9 Å². The van der Waals surface area contributed by atoms with Gasteiger partial charge in [-0.2, -0.15) is 0 Å². The molecule has 1 heteroatoms. The maximum absolute atomic E-state index is 6.53. The van der Waals surface area contributed by atoms with Gasteiger partial charge >= 0.3 is 0 Å². The molecule has 0 aliphatic carbocycles. The Labute approximate surface area is 120 Å². The van der Waals surface area contributed by atoms with Gasteiger partial charge in [-0.25, -0.2) is 0 Å². The van der Waals surface area contributed by atoms with Crippen LogP contribution in [0.1, 0.15) is 28.3 Å². The van der Waals surface area contributed by atoms with Crippen molar-refractivity contribution in [1.29, 1.82) is 0 Å². The molecule has 100 valence electrons. The number of nitrogens with two attached hydrogens (primary N) is 1. The molecule has 3 aromatic rings. The fourth-order valence-electron chi connectivity index (χ4n) is 2.85. The van der Waals surface area contributed by atoms with Crippen LogP contribution in [0.4, 0.5) is 0 Å². The van der Waals surface area contributed by atoms with Gasteiger partial charge in [-0.15, -0.1) is 0 Å². The van der Waals surface area contributed by atoms with E-state index in [1.54, 1.807) is 0 Å². The smallest absolute Gasteiger partial charge is 0.0560 e. The van der Waals surface area contributed by atoms with E-state index < -0.39 is 0 Å². The van der Waals surface area contributed by atoms with Gasteiger partial charge in [0.25, 0.3) is 0 Å². The van der Waals surface area contributed by atoms with E-state index in [1.807, 2.05) is 0 Å². The molecule has 3 aromatic carbocycles. The lowest BCUT2D eigenvalue weighted by Crippen LogP contribution is -2.13. The topological polar surface area (TPSA) is 26.0 Å². The van der Waals surface area contributed by atoms with Crippen LogP contribution in [0.15, 0.2) is 60.7 Å². The van der Waals surface area contributed by atoms with E-state index in [9.17, 15) is 0 Å². The summed E-state index contributed by atoms with van der Waals surface area (Å²) in [6, 6.07) is 21.1. The molecule has 0 amide bonds. The molecular weight excluding hydrogens is 242 g/mol. The Morgan fingerprint density at radius 2 is 1.30 bits per heavy atom. The molecule has 0 bridgehead atoms. The second-order valence-corrected chi connectivity index (χ2v) is 5.35. The standard InChI is InChI=1S/C19H19N/c1-13-7-3-4-9-16(13)19(20)18-12-11-14(2)15-8-5-6-10-17(15)18/h3-12,19H,20H2,1-2H3. The monoisotopic (exact) mass is 261 g/mol. The summed E-state index contributed by atoms with van der Waals surface area (Å²) in [4.78, 5) is 0. The van der Waals surface area contributed by atoms with Crippen LogP contribution in [0.2, 0.25) is 0 Å². The van der Waals surface area contributed by atoms with Gasteiger partial charge in [0, 0.05) is 0 Å². The van der Waals surface area contributed by atoms with Crippen molar-refractivity contribution in [2.24, 2.45) is 5.73 Å². The van der Waals surface area contributed by atoms with E-state index in [0.717, 1.165) is 0 Å². The number of aryl methyl sites for hydroxylation is 2. The third-order valence-corrected chi connectivity index (χ3v) is 4.03. The van der Waals surface area contributed by atoms with E-state index in [4.69, 9.17) is 5.73 Å². The molecule has 1 nitrogen and oxygen atoms in total. The second-order valence-electron chi connectivity index (χ2n) is 5.35. The van der Waals surface area contributed by atoms with Crippen molar-refractivity contribution in [1.82, 2.24) is 0 Å². The summed E-state index contributed by atoms with van der Waals surface area (Å²) in [6.45, 7) is 4.26. The molecule has 2 N–H and O–H groups in total. The zero-order chi connectivity index (χ0) is 14.1. The van der Waals surface area contributed by atoms with E-state index in [1.165, 1.54) is 33.0 Å². The van der Waals surface area contributed by atoms with Gasteiger partial charge in [-0.3, -0.25) is 0 Å². The van der Waals surface area contributed by atoms with Gasteiger partial charge in [0.1, 0.15) is 0 Å². The fourth-order valence-corrected chi connectivity index (χ4v) is 2.85. The van der Waals surface area contributed by atoms with E-state index in [-0.39, 0.29) is 6.04 Å². The van der Waals surface area contributed by atoms with Gasteiger partial charge < -0.3 is 5.73 Å². The summed E-state index contributed by atoms with van der Waals surface area (Å²) >= 11 is 0. The molecule has 1 unspecified atom stereocenters. The van der Waals surface area contributed by atoms with Crippen molar-refractivity contribution in [3.63, 3.8) is 0 Å². The van der Waals surface area contributed by atoms with Crippen LogP contribution in [0, 0.1) is 13.8 Å². The van der Waals surface area contributed by atoms with Crippen molar-refractivity contribution < 1.29 is 0 Å². The van der Waals surface area contributed by atoms with Crippen LogP contribution >= 0.6 is 0 Å². The first-order chi connectivity index (χ1) is 9.68. The first kappa shape index (κ1) is 12.9. The number of hydrogen-bond acceptors (Lipinski definition) is 1. The van der Waals surface area contributed by atoms with Gasteiger partial charge in [0.15, 0.2) is 0 Å². The molecule has 0 heterocycles. The lowest BCUT2D eigenvalue weighted by molar-refractivity contribution is 0.870. The minimum atomic E-state index is -0.0818. The maximum atomic E-state index is 6.53. The molecular formula is C19H19N. The van der Waals surface area contributed by atoms with E-state index in [0.29, 0.717) is 0 Å². The van der Waals surface area contributed by atoms with Gasteiger partial charge in [-0.05, 0) is 46.9 Å². The first-order valence-electron chi connectivity index (χ1n) is 6.98. The highest BCUT2D eigenvalue weighted by atomic mass is 14.6. The van der Waals surface area contributed by atoms with Crippen LogP contribution in [0.25, 0.3) is 10.8 Å². The number of hydrogen-bond donors (Lipinski definition) is 1. The average Bonchev–Trinajstić information content (AvgIpc) is 2.48. The van der Waals surface area contributed by atoms with Crippen LogP contribution < -0.4 is 5.73 Å². The Kier molecular flexibility index (Phi) is 3.29. The second kappa shape index (κ2) is 5.10. The average molecular weight is 261 g/mol. The summed E-state index contributed by atoms with van der Waals surface area (Å²) in [7, 11) is 0. The predicted octanol–water partition coefficient (Wildman–Crippen LogP) is 4.50. The molecule has 0 saturated carbocycles. The highest BCUT2D eigenvalue weighted by Gasteiger charge is 2.14. The van der Waals surface area contributed by atoms with E-state index >= 15 is 0 Å². The molecule has 3 rings (SSSR count). The first-order valence-corrected chi connectivity index (χ1v) is 6.98. The number of fused-ring (bicyclic) bond motifs is 1. The lowest BCUT2D eigenvalue weighted by Gasteiger charge is -2.18. The third-order valence-electron chi connectivity index (χ3n) is 4.03. The largest absolute Gasteiger partial charge is 0.320 e. The Hall–Kier alpha value is -2.12. The third kappa shape index (κ3) is 2.10. The van der Waals surface area contributed by atoms with Crippen LogP contribution in [-0.2, 0) is 0 Å². The summed E-state index contributed by atoms with van der Waals surface area (Å²) in [6.07, 6.45) is 0. The summed E-state index contributed by atoms with van der Waals surface area (Å²) in [5, 5.41) is 2.54. The molecule has 20 heavy (non-hydrogen) atoms. The Morgan fingerprint density at radius 1 is 0.650 bits per heavy atom. The molecule has 0 radical (unpaired) electrons. The van der Waals surface area contributed by atoms with Gasteiger partial charge in [0.2, 0.25) is 0 Å². The lowest BCUT2D eigenvalue weighted by atomic mass is 9.91. The highest BCUT2D eigenvalue weighted by Crippen LogP contribution is 2.30. The Bertz CT molecular complexity index is 759. The minimum absolute atomic E-state index is 0.0818. The zero-order valence-corrected chi connectivity index (χ0v) is 11.9. The molecule has 1 atom stereocenters. The fraction of sp³-hybridized carbons (Fsp3) is 0.158. The van der Waals surface area contributed by atoms with Gasteiger partial charge in [0.05, 0.1) is 6.04 Å². The van der Waals surface area contributed by atoms with Crippen molar-refractivity contribution in [3.05, 3.63) is 82.9 Å². The van der Waals surface area contributed by atoms with Crippen molar-refractivity contribution in [3.8, 4) is 0 Å². The molecule has 0 aromatic heterocycles. The van der Waals surface area contributed by atoms with Crippen LogP contribution in [-0.4, -0.2) is 0 Å². The predicted molar refractivity (Wildman–Crippen MR) is 85.9 cm³/mol. The molecule has 0 aliphatic heterocycles. The molecule has 0 saturated heterocycles. The molecule has 0 aliphatic rings. The number of benzene rings is 3. The maximum Gasteiger partial charge on any atom is 0.0560 e. The highest BCUT2D eigenvalue weighted by molar-refractivity contribution is 5.89. The van der Waals surface area contributed by atoms with Gasteiger partial charge in [-0.1, -0.05) is 60.7 Å². The normalized spacial score (nSPS) is 12.6. The quantitative estimate of drug-likeness (QED) is 0.722. The minimum Gasteiger partial charge on any atom is -0.320 e. The summed E-state index contributed by atoms with van der Waals surface area (Å²) < 4.78 is 0. The molecule has 0 fully saturated rings. The van der Waals surface area contributed by atoms with Crippen LogP contribution in [0.5, 0.6) is 0 Å². The van der Waals surface area contributed by atoms with Crippen molar-refractivity contribution >= 4 is 10.8 Å². The van der Waals surface area contributed by atoms with Crippen LogP contribution in [0.3, 0.4) is 0 Å². The zero-order valence-electron chi connectivity index (χ0n) is 11.9.